The summed E-state index contributed by atoms with van der Waals surface area (Å²) in [4.78, 5) is 0. The van der Waals surface area contributed by atoms with Crippen molar-refractivity contribution in [1.29, 1.82) is 0 Å². The van der Waals surface area contributed by atoms with Crippen LogP contribution in [-0.2, 0) is 0 Å². The minimum absolute atomic E-state index is 0.240. The molecule has 0 saturated carbocycles. The van der Waals surface area contributed by atoms with Crippen molar-refractivity contribution < 1.29 is 0 Å². The highest BCUT2D eigenvalue weighted by molar-refractivity contribution is 7.55. The SMILES string of the molecule is CCCC(Cl)P(N(C(C)C)C(C)C)N(C(C)C)C(C)C. The van der Waals surface area contributed by atoms with Gasteiger partial charge < -0.3 is 0 Å². The Morgan fingerprint density at radius 1 is 0.750 bits per heavy atom. The van der Waals surface area contributed by atoms with Gasteiger partial charge in [0.1, 0.15) is 0 Å². The van der Waals surface area contributed by atoms with E-state index in [4.69, 9.17) is 11.6 Å². The Bertz CT molecular complexity index is 221. The van der Waals surface area contributed by atoms with E-state index in [-0.39, 0.29) is 5.12 Å². The van der Waals surface area contributed by atoms with E-state index in [9.17, 15) is 0 Å². The molecule has 0 aromatic heterocycles. The van der Waals surface area contributed by atoms with Crippen LogP contribution in [0.4, 0.5) is 0 Å². The molecule has 4 heteroatoms. The predicted octanol–water partition coefficient (Wildman–Crippen LogP) is 5.90. The monoisotopic (exact) mass is 322 g/mol. The van der Waals surface area contributed by atoms with E-state index < -0.39 is 8.22 Å². The van der Waals surface area contributed by atoms with E-state index in [0.29, 0.717) is 24.2 Å². The summed E-state index contributed by atoms with van der Waals surface area (Å²) in [5.41, 5.74) is 0. The van der Waals surface area contributed by atoms with E-state index in [1.807, 2.05) is 0 Å². The second-order valence-electron chi connectivity index (χ2n) is 6.68. The van der Waals surface area contributed by atoms with Gasteiger partial charge in [-0.1, -0.05) is 13.3 Å². The molecular weight excluding hydrogens is 287 g/mol. The van der Waals surface area contributed by atoms with Gasteiger partial charge in [-0.3, -0.25) is 9.34 Å². The van der Waals surface area contributed by atoms with Crippen molar-refractivity contribution in [3.63, 3.8) is 0 Å². The Morgan fingerprint density at radius 2 is 1.05 bits per heavy atom. The van der Waals surface area contributed by atoms with Crippen LogP contribution in [-0.4, -0.2) is 38.6 Å². The van der Waals surface area contributed by atoms with Gasteiger partial charge in [-0.25, -0.2) is 0 Å². The molecule has 0 aliphatic heterocycles. The highest BCUT2D eigenvalue weighted by Crippen LogP contribution is 2.56. The van der Waals surface area contributed by atoms with Crippen molar-refractivity contribution >= 4 is 19.8 Å². The maximum atomic E-state index is 6.86. The summed E-state index contributed by atoms with van der Waals surface area (Å²) in [6.45, 7) is 20.6. The molecule has 0 rings (SSSR count). The fourth-order valence-electron chi connectivity index (χ4n) is 2.90. The summed E-state index contributed by atoms with van der Waals surface area (Å²) in [5.74, 6) is 0. The standard InChI is InChI=1S/C16H36ClN2P/c1-10-11-16(17)20(18(12(2)3)13(4)5)19(14(6)7)15(8)9/h12-16H,10-11H2,1-9H3. The van der Waals surface area contributed by atoms with Crippen LogP contribution in [0.15, 0.2) is 0 Å². The highest BCUT2D eigenvalue weighted by atomic mass is 35.5. The molecule has 0 spiro atoms. The molecule has 0 aliphatic carbocycles. The van der Waals surface area contributed by atoms with Crippen LogP contribution < -0.4 is 0 Å². The molecule has 0 radical (unpaired) electrons. The summed E-state index contributed by atoms with van der Waals surface area (Å²) in [6.07, 6.45) is 2.25. The molecule has 0 heterocycles. The third-order valence-corrected chi connectivity index (χ3v) is 7.66. The average molecular weight is 323 g/mol. The van der Waals surface area contributed by atoms with Crippen molar-refractivity contribution in [2.75, 3.05) is 0 Å². The molecule has 0 fully saturated rings. The van der Waals surface area contributed by atoms with Gasteiger partial charge in [0, 0.05) is 24.2 Å². The van der Waals surface area contributed by atoms with Crippen molar-refractivity contribution in [3.05, 3.63) is 0 Å². The van der Waals surface area contributed by atoms with Gasteiger partial charge in [0.2, 0.25) is 0 Å². The van der Waals surface area contributed by atoms with E-state index in [0.717, 1.165) is 12.8 Å². The van der Waals surface area contributed by atoms with E-state index >= 15 is 0 Å². The normalized spacial score (nSPS) is 14.8. The van der Waals surface area contributed by atoms with Crippen LogP contribution >= 0.6 is 19.8 Å². The Labute approximate surface area is 134 Å². The molecule has 0 aliphatic rings. The van der Waals surface area contributed by atoms with E-state index in [2.05, 4.69) is 71.7 Å². The van der Waals surface area contributed by atoms with Crippen LogP contribution in [0.1, 0.15) is 75.2 Å². The van der Waals surface area contributed by atoms with E-state index in [1.165, 1.54) is 0 Å². The molecule has 0 bridgehead atoms. The molecule has 1 unspecified atom stereocenters. The fraction of sp³-hybridized carbons (Fsp3) is 1.00. The molecule has 122 valence electrons. The zero-order valence-corrected chi connectivity index (χ0v) is 16.7. The van der Waals surface area contributed by atoms with Crippen molar-refractivity contribution in [1.82, 2.24) is 9.34 Å². The zero-order valence-electron chi connectivity index (χ0n) is 15.0. The number of halogens is 1. The van der Waals surface area contributed by atoms with Gasteiger partial charge in [0.25, 0.3) is 0 Å². The summed E-state index contributed by atoms with van der Waals surface area (Å²) in [7, 11) is -0.480. The molecule has 0 aromatic carbocycles. The number of nitrogens with zero attached hydrogens (tertiary/aromatic N) is 2. The average Bonchev–Trinajstić information content (AvgIpc) is 2.26. The molecule has 20 heavy (non-hydrogen) atoms. The first-order chi connectivity index (χ1) is 9.14. The molecule has 0 aromatic rings. The van der Waals surface area contributed by atoms with Gasteiger partial charge in [-0.15, -0.1) is 11.6 Å². The summed E-state index contributed by atoms with van der Waals surface area (Å²) >= 11 is 6.86. The second-order valence-corrected chi connectivity index (χ2v) is 9.70. The van der Waals surface area contributed by atoms with Gasteiger partial charge in [-0.2, -0.15) is 0 Å². The minimum Gasteiger partial charge on any atom is -0.264 e. The van der Waals surface area contributed by atoms with Crippen LogP contribution in [0, 0.1) is 0 Å². The summed E-state index contributed by atoms with van der Waals surface area (Å²) in [6, 6.07) is 2.11. The van der Waals surface area contributed by atoms with Crippen LogP contribution in [0.2, 0.25) is 0 Å². The first-order valence-corrected chi connectivity index (χ1v) is 9.90. The third-order valence-electron chi connectivity index (χ3n) is 3.37. The fourth-order valence-corrected chi connectivity index (χ4v) is 6.92. The second kappa shape index (κ2) is 9.62. The summed E-state index contributed by atoms with van der Waals surface area (Å²) < 4.78 is 5.28. The molecule has 0 N–H and O–H groups in total. The van der Waals surface area contributed by atoms with Crippen molar-refractivity contribution in [2.45, 2.75) is 104 Å². The Kier molecular flexibility index (Phi) is 9.92. The van der Waals surface area contributed by atoms with Gasteiger partial charge in [0.05, 0.1) is 13.3 Å². The molecule has 0 amide bonds. The Balaban J connectivity index is 5.53. The Morgan fingerprint density at radius 3 is 1.25 bits per heavy atom. The summed E-state index contributed by atoms with van der Waals surface area (Å²) in [5, 5.41) is 0.240. The van der Waals surface area contributed by atoms with Gasteiger partial charge in [-0.05, 0) is 61.8 Å². The lowest BCUT2D eigenvalue weighted by atomic mass is 10.3. The zero-order chi connectivity index (χ0) is 16.0. The largest absolute Gasteiger partial charge is 0.264 e. The van der Waals surface area contributed by atoms with Crippen LogP contribution in [0.5, 0.6) is 0 Å². The van der Waals surface area contributed by atoms with Crippen LogP contribution in [0.3, 0.4) is 0 Å². The van der Waals surface area contributed by atoms with Gasteiger partial charge >= 0.3 is 0 Å². The molecule has 1 atom stereocenters. The maximum Gasteiger partial charge on any atom is 0.0806 e. The maximum absolute atomic E-state index is 6.86. The third kappa shape index (κ3) is 5.79. The van der Waals surface area contributed by atoms with Gasteiger partial charge in [0.15, 0.2) is 0 Å². The number of rotatable bonds is 9. The minimum atomic E-state index is -0.480. The molecule has 0 saturated heterocycles. The number of hydrogen-bond acceptors (Lipinski definition) is 2. The lowest BCUT2D eigenvalue weighted by Gasteiger charge is -2.49. The lowest BCUT2D eigenvalue weighted by molar-refractivity contribution is 0.254. The highest BCUT2D eigenvalue weighted by Gasteiger charge is 2.36. The predicted molar refractivity (Wildman–Crippen MR) is 95.7 cm³/mol. The van der Waals surface area contributed by atoms with E-state index in [1.54, 1.807) is 0 Å². The quantitative estimate of drug-likeness (QED) is 0.385. The number of alkyl halides is 1. The number of hydrogen-bond donors (Lipinski definition) is 0. The lowest BCUT2D eigenvalue weighted by Crippen LogP contribution is -2.44. The van der Waals surface area contributed by atoms with Crippen molar-refractivity contribution in [3.8, 4) is 0 Å². The molecular formula is C16H36ClN2P. The first-order valence-electron chi connectivity index (χ1n) is 8.14. The molecule has 2 nitrogen and oxygen atoms in total. The topological polar surface area (TPSA) is 6.48 Å². The first kappa shape index (κ1) is 20.6. The van der Waals surface area contributed by atoms with Crippen molar-refractivity contribution in [2.24, 2.45) is 0 Å². The smallest absolute Gasteiger partial charge is 0.0806 e. The Hall–Kier alpha value is 0.640. The van der Waals surface area contributed by atoms with Crippen LogP contribution in [0.25, 0.3) is 0 Å².